The minimum Gasteiger partial charge on any atom is -0.396 e. The molecule has 2 rings (SSSR count). The standard InChI is InChI=1S/C14H27NO3S/c1-14(2,3)6-7-19(17,18)15-13-11-5-4-10(8-11)12(13)9-16/h10-13,15-16H,4-9H2,1-3H3. The van der Waals surface area contributed by atoms with E-state index in [1.807, 2.05) is 0 Å². The summed E-state index contributed by atoms with van der Waals surface area (Å²) >= 11 is 0. The molecule has 0 saturated heterocycles. The Morgan fingerprint density at radius 1 is 1.21 bits per heavy atom. The van der Waals surface area contributed by atoms with Gasteiger partial charge in [-0.1, -0.05) is 20.8 Å². The molecule has 112 valence electrons. The molecule has 0 aromatic rings. The number of hydrogen-bond donors (Lipinski definition) is 2. The minimum absolute atomic E-state index is 0.0276. The molecule has 0 amide bonds. The Kier molecular flexibility index (Phi) is 4.29. The first-order valence-electron chi connectivity index (χ1n) is 7.33. The van der Waals surface area contributed by atoms with Crippen LogP contribution in [0.4, 0.5) is 0 Å². The van der Waals surface area contributed by atoms with Gasteiger partial charge in [-0.15, -0.1) is 0 Å². The molecule has 4 atom stereocenters. The molecule has 0 aromatic heterocycles. The van der Waals surface area contributed by atoms with Crippen LogP contribution < -0.4 is 4.72 Å². The second kappa shape index (κ2) is 5.34. The van der Waals surface area contributed by atoms with Crippen LogP contribution in [0.15, 0.2) is 0 Å². The SMILES string of the molecule is CC(C)(C)CCS(=O)(=O)NC1C2CCC(C2)C1CO. The van der Waals surface area contributed by atoms with Crippen LogP contribution in [0, 0.1) is 23.2 Å². The van der Waals surface area contributed by atoms with E-state index in [4.69, 9.17) is 0 Å². The van der Waals surface area contributed by atoms with Gasteiger partial charge in [0, 0.05) is 18.6 Å². The van der Waals surface area contributed by atoms with Gasteiger partial charge in [0.2, 0.25) is 10.0 Å². The van der Waals surface area contributed by atoms with Gasteiger partial charge in [0.25, 0.3) is 0 Å². The molecule has 4 nitrogen and oxygen atoms in total. The highest BCUT2D eigenvalue weighted by Gasteiger charge is 2.48. The third kappa shape index (κ3) is 3.70. The van der Waals surface area contributed by atoms with E-state index in [9.17, 15) is 13.5 Å². The lowest BCUT2D eigenvalue weighted by atomic mass is 9.86. The van der Waals surface area contributed by atoms with Crippen LogP contribution in [0.2, 0.25) is 0 Å². The third-order valence-corrected chi connectivity index (χ3v) is 6.11. The van der Waals surface area contributed by atoms with Gasteiger partial charge in [-0.3, -0.25) is 0 Å². The summed E-state index contributed by atoms with van der Waals surface area (Å²) in [7, 11) is -3.22. The van der Waals surface area contributed by atoms with Crippen LogP contribution >= 0.6 is 0 Å². The highest BCUT2D eigenvalue weighted by molar-refractivity contribution is 7.89. The number of rotatable bonds is 5. The summed E-state index contributed by atoms with van der Waals surface area (Å²) in [4.78, 5) is 0. The van der Waals surface area contributed by atoms with E-state index in [1.54, 1.807) is 0 Å². The Morgan fingerprint density at radius 3 is 2.42 bits per heavy atom. The van der Waals surface area contributed by atoms with Crippen molar-refractivity contribution in [2.45, 2.75) is 52.5 Å². The number of fused-ring (bicyclic) bond motifs is 2. The highest BCUT2D eigenvalue weighted by Crippen LogP contribution is 2.48. The van der Waals surface area contributed by atoms with Crippen molar-refractivity contribution in [3.8, 4) is 0 Å². The van der Waals surface area contributed by atoms with E-state index >= 15 is 0 Å². The fourth-order valence-electron chi connectivity index (χ4n) is 3.56. The van der Waals surface area contributed by atoms with Crippen LogP contribution in [0.5, 0.6) is 0 Å². The Hall–Kier alpha value is -0.130. The molecule has 0 radical (unpaired) electrons. The number of nitrogens with one attached hydrogen (secondary N) is 1. The number of hydrogen-bond acceptors (Lipinski definition) is 3. The molecule has 2 fully saturated rings. The summed E-state index contributed by atoms with van der Waals surface area (Å²) in [5, 5.41) is 9.48. The van der Waals surface area contributed by atoms with E-state index in [2.05, 4.69) is 25.5 Å². The quantitative estimate of drug-likeness (QED) is 0.810. The van der Waals surface area contributed by atoms with Crippen molar-refractivity contribution in [2.75, 3.05) is 12.4 Å². The molecule has 2 bridgehead atoms. The molecule has 0 spiro atoms. The smallest absolute Gasteiger partial charge is 0.211 e. The van der Waals surface area contributed by atoms with E-state index in [1.165, 1.54) is 0 Å². The van der Waals surface area contributed by atoms with E-state index in [0.717, 1.165) is 19.3 Å². The van der Waals surface area contributed by atoms with Gasteiger partial charge >= 0.3 is 0 Å². The van der Waals surface area contributed by atoms with Crippen molar-refractivity contribution in [1.82, 2.24) is 4.72 Å². The molecule has 19 heavy (non-hydrogen) atoms. The molecule has 2 aliphatic rings. The molecular formula is C14H27NO3S. The third-order valence-electron chi connectivity index (χ3n) is 4.74. The fourth-order valence-corrected chi connectivity index (χ4v) is 5.34. The van der Waals surface area contributed by atoms with E-state index in [0.29, 0.717) is 18.3 Å². The van der Waals surface area contributed by atoms with Crippen LogP contribution in [-0.2, 0) is 10.0 Å². The molecule has 2 N–H and O–H groups in total. The average molecular weight is 289 g/mol. The first-order chi connectivity index (χ1) is 8.72. The highest BCUT2D eigenvalue weighted by atomic mass is 32.2. The number of sulfonamides is 1. The van der Waals surface area contributed by atoms with Gasteiger partial charge < -0.3 is 5.11 Å². The van der Waals surface area contributed by atoms with E-state index < -0.39 is 10.0 Å². The molecule has 0 aromatic carbocycles. The predicted octanol–water partition coefficient (Wildman–Crippen LogP) is 1.75. The van der Waals surface area contributed by atoms with Crippen molar-refractivity contribution in [3.63, 3.8) is 0 Å². The maximum Gasteiger partial charge on any atom is 0.211 e. The fraction of sp³-hybridized carbons (Fsp3) is 1.00. The molecule has 4 unspecified atom stereocenters. The lowest BCUT2D eigenvalue weighted by molar-refractivity contribution is 0.153. The Labute approximate surface area is 117 Å². The number of aliphatic hydroxyl groups excluding tert-OH is 1. The predicted molar refractivity (Wildman–Crippen MR) is 76.2 cm³/mol. The first-order valence-corrected chi connectivity index (χ1v) is 8.98. The van der Waals surface area contributed by atoms with Gasteiger partial charge in [-0.25, -0.2) is 13.1 Å². The van der Waals surface area contributed by atoms with Crippen molar-refractivity contribution in [1.29, 1.82) is 0 Å². The summed E-state index contributed by atoms with van der Waals surface area (Å²) in [6.45, 7) is 6.26. The topological polar surface area (TPSA) is 66.4 Å². The van der Waals surface area contributed by atoms with Crippen molar-refractivity contribution in [2.24, 2.45) is 23.2 Å². The van der Waals surface area contributed by atoms with Gasteiger partial charge in [-0.2, -0.15) is 0 Å². The Morgan fingerprint density at radius 2 is 1.84 bits per heavy atom. The first kappa shape index (κ1) is 15.3. The van der Waals surface area contributed by atoms with Crippen LogP contribution in [0.1, 0.15) is 46.5 Å². The van der Waals surface area contributed by atoms with Crippen molar-refractivity contribution < 1.29 is 13.5 Å². The molecule has 2 aliphatic carbocycles. The van der Waals surface area contributed by atoms with Gasteiger partial charge in [0.1, 0.15) is 0 Å². The normalized spacial score (nSPS) is 34.9. The maximum absolute atomic E-state index is 12.2. The minimum atomic E-state index is -3.22. The monoisotopic (exact) mass is 289 g/mol. The van der Waals surface area contributed by atoms with Crippen LogP contribution in [0.3, 0.4) is 0 Å². The Balaban J connectivity index is 1.96. The summed E-state index contributed by atoms with van der Waals surface area (Å²) < 4.78 is 27.2. The van der Waals surface area contributed by atoms with Gasteiger partial charge in [0.05, 0.1) is 5.75 Å². The zero-order valence-electron chi connectivity index (χ0n) is 12.2. The second-order valence-electron chi connectivity index (χ2n) is 7.45. The van der Waals surface area contributed by atoms with Gasteiger partial charge in [0.15, 0.2) is 0 Å². The molecule has 2 saturated carbocycles. The number of aliphatic hydroxyl groups is 1. The lowest BCUT2D eigenvalue weighted by Crippen LogP contribution is -2.46. The van der Waals surface area contributed by atoms with Gasteiger partial charge in [-0.05, 0) is 42.9 Å². The average Bonchev–Trinajstić information content (AvgIpc) is 2.85. The molecule has 0 heterocycles. The van der Waals surface area contributed by atoms with Crippen LogP contribution in [-0.4, -0.2) is 31.9 Å². The van der Waals surface area contributed by atoms with E-state index in [-0.39, 0.29) is 29.7 Å². The second-order valence-corrected chi connectivity index (χ2v) is 9.33. The zero-order valence-corrected chi connectivity index (χ0v) is 13.0. The lowest BCUT2D eigenvalue weighted by Gasteiger charge is -2.30. The summed E-state index contributed by atoms with van der Waals surface area (Å²) in [6.07, 6.45) is 3.99. The zero-order chi connectivity index (χ0) is 14.3. The largest absolute Gasteiger partial charge is 0.396 e. The molecule has 0 aliphatic heterocycles. The molecular weight excluding hydrogens is 262 g/mol. The Bertz CT molecular complexity index is 413. The van der Waals surface area contributed by atoms with Crippen molar-refractivity contribution >= 4 is 10.0 Å². The summed E-state index contributed by atoms with van der Waals surface area (Å²) in [5.41, 5.74) is 0.0276. The molecule has 5 heteroatoms. The summed E-state index contributed by atoms with van der Waals surface area (Å²) in [6, 6.07) is -0.0336. The van der Waals surface area contributed by atoms with Crippen LogP contribution in [0.25, 0.3) is 0 Å². The maximum atomic E-state index is 12.2. The summed E-state index contributed by atoms with van der Waals surface area (Å²) in [5.74, 6) is 1.27. The van der Waals surface area contributed by atoms with Crippen molar-refractivity contribution in [3.05, 3.63) is 0 Å².